The normalized spacial score (nSPS) is 25.0. The summed E-state index contributed by atoms with van der Waals surface area (Å²) in [6.45, 7) is 2.94. The molecule has 0 aliphatic carbocycles. The average Bonchev–Trinajstić information content (AvgIpc) is 3.18. The van der Waals surface area contributed by atoms with E-state index in [0.29, 0.717) is 17.0 Å². The van der Waals surface area contributed by atoms with Crippen molar-refractivity contribution in [1.82, 2.24) is 10.6 Å². The molecular formula is C17H25BrIN3O3S. The van der Waals surface area contributed by atoms with Gasteiger partial charge >= 0.3 is 0 Å². The Kier molecular flexibility index (Phi) is 8.17. The van der Waals surface area contributed by atoms with Gasteiger partial charge in [-0.15, -0.1) is 24.0 Å². The highest BCUT2D eigenvalue weighted by Crippen LogP contribution is 2.34. The van der Waals surface area contributed by atoms with Crippen molar-refractivity contribution in [3.8, 4) is 0 Å². The van der Waals surface area contributed by atoms with Crippen LogP contribution >= 0.6 is 39.9 Å². The Morgan fingerprint density at radius 1 is 1.31 bits per heavy atom. The second kappa shape index (κ2) is 9.70. The first kappa shape index (κ1) is 21.9. The molecular weight excluding hydrogens is 533 g/mol. The molecule has 6 nitrogen and oxygen atoms in total. The molecule has 3 atom stereocenters. The number of sulfone groups is 1. The number of nitrogens with one attached hydrogen (secondary N) is 2. The standard InChI is InChI=1S/C17H24BrN3O3S.HI/c1-2-19-17(21-15-11-13-5-8-16(15)24-13)20-9-10-25(22,23)14-6-3-12(18)4-7-14;/h3-4,6-7,13,15-16H,2,5,8-11H2,1H3,(H2,19,20,21);1H. The van der Waals surface area contributed by atoms with E-state index < -0.39 is 9.84 Å². The topological polar surface area (TPSA) is 79.8 Å². The molecule has 0 amide bonds. The van der Waals surface area contributed by atoms with Crippen molar-refractivity contribution in [3.05, 3.63) is 28.7 Å². The van der Waals surface area contributed by atoms with E-state index >= 15 is 0 Å². The van der Waals surface area contributed by atoms with Gasteiger partial charge in [-0.2, -0.15) is 0 Å². The summed E-state index contributed by atoms with van der Waals surface area (Å²) < 4.78 is 31.5. The third kappa shape index (κ3) is 5.56. The minimum atomic E-state index is -3.33. The zero-order chi connectivity index (χ0) is 17.9. The van der Waals surface area contributed by atoms with Gasteiger partial charge in [0.15, 0.2) is 15.8 Å². The monoisotopic (exact) mass is 557 g/mol. The Balaban J connectivity index is 0.00000243. The van der Waals surface area contributed by atoms with Crippen molar-refractivity contribution < 1.29 is 13.2 Å². The fraction of sp³-hybridized carbons (Fsp3) is 0.588. The third-order valence-corrected chi connectivity index (χ3v) is 6.81. The van der Waals surface area contributed by atoms with Crippen LogP contribution in [0.2, 0.25) is 0 Å². The van der Waals surface area contributed by atoms with Gasteiger partial charge in [-0.05, 0) is 50.5 Å². The SMILES string of the molecule is CCNC(=NCCS(=O)(=O)c1ccc(Br)cc1)NC1CC2CCC1O2.I. The van der Waals surface area contributed by atoms with Crippen molar-refractivity contribution in [2.24, 2.45) is 4.99 Å². The lowest BCUT2D eigenvalue weighted by Gasteiger charge is -2.22. The summed E-state index contributed by atoms with van der Waals surface area (Å²) in [7, 11) is -3.33. The highest BCUT2D eigenvalue weighted by molar-refractivity contribution is 14.0. The molecule has 2 heterocycles. The molecule has 26 heavy (non-hydrogen) atoms. The molecule has 2 fully saturated rings. The molecule has 2 N–H and O–H groups in total. The second-order valence-corrected chi connectivity index (χ2v) is 9.42. The van der Waals surface area contributed by atoms with Crippen LogP contribution in [0.3, 0.4) is 0 Å². The van der Waals surface area contributed by atoms with Crippen LogP contribution in [0.5, 0.6) is 0 Å². The molecule has 0 spiro atoms. The van der Waals surface area contributed by atoms with Crippen LogP contribution in [0, 0.1) is 0 Å². The van der Waals surface area contributed by atoms with Crippen molar-refractivity contribution in [2.75, 3.05) is 18.8 Å². The Morgan fingerprint density at radius 3 is 2.62 bits per heavy atom. The average molecular weight is 558 g/mol. The minimum Gasteiger partial charge on any atom is -0.373 e. The molecule has 3 unspecified atom stereocenters. The zero-order valence-electron chi connectivity index (χ0n) is 14.7. The molecule has 146 valence electrons. The van der Waals surface area contributed by atoms with Gasteiger partial charge in [-0.3, -0.25) is 4.99 Å². The van der Waals surface area contributed by atoms with E-state index in [1.807, 2.05) is 6.92 Å². The van der Waals surface area contributed by atoms with Crippen molar-refractivity contribution in [1.29, 1.82) is 0 Å². The van der Waals surface area contributed by atoms with Crippen LogP contribution in [0.25, 0.3) is 0 Å². The maximum absolute atomic E-state index is 12.4. The summed E-state index contributed by atoms with van der Waals surface area (Å²) in [5.41, 5.74) is 0. The number of fused-ring (bicyclic) bond motifs is 2. The molecule has 2 aliphatic heterocycles. The number of guanidine groups is 1. The van der Waals surface area contributed by atoms with Gasteiger partial charge in [0, 0.05) is 11.0 Å². The fourth-order valence-electron chi connectivity index (χ4n) is 3.32. The van der Waals surface area contributed by atoms with E-state index in [-0.39, 0.29) is 48.4 Å². The summed E-state index contributed by atoms with van der Waals surface area (Å²) in [6.07, 6.45) is 3.83. The van der Waals surface area contributed by atoms with Crippen LogP contribution < -0.4 is 10.6 Å². The van der Waals surface area contributed by atoms with Crippen LogP contribution in [0.15, 0.2) is 38.6 Å². The smallest absolute Gasteiger partial charge is 0.191 e. The lowest BCUT2D eigenvalue weighted by molar-refractivity contribution is 0.0992. The summed E-state index contributed by atoms with van der Waals surface area (Å²) in [4.78, 5) is 4.76. The number of ether oxygens (including phenoxy) is 1. The maximum Gasteiger partial charge on any atom is 0.191 e. The molecule has 2 bridgehead atoms. The zero-order valence-corrected chi connectivity index (χ0v) is 19.4. The lowest BCUT2D eigenvalue weighted by atomic mass is 9.96. The molecule has 0 aromatic heterocycles. The van der Waals surface area contributed by atoms with E-state index in [1.165, 1.54) is 0 Å². The van der Waals surface area contributed by atoms with Gasteiger partial charge in [-0.1, -0.05) is 15.9 Å². The van der Waals surface area contributed by atoms with Gasteiger partial charge in [0.1, 0.15) is 0 Å². The van der Waals surface area contributed by atoms with Gasteiger partial charge in [0.05, 0.1) is 35.4 Å². The van der Waals surface area contributed by atoms with Crippen LogP contribution in [0.1, 0.15) is 26.2 Å². The quantitative estimate of drug-likeness (QED) is 0.319. The molecule has 0 radical (unpaired) electrons. The number of nitrogens with zero attached hydrogens (tertiary/aromatic N) is 1. The first-order chi connectivity index (χ1) is 12.0. The second-order valence-electron chi connectivity index (χ2n) is 6.39. The van der Waals surface area contributed by atoms with Crippen molar-refractivity contribution in [2.45, 2.75) is 49.3 Å². The highest BCUT2D eigenvalue weighted by atomic mass is 127. The predicted molar refractivity (Wildman–Crippen MR) is 117 cm³/mol. The molecule has 3 rings (SSSR count). The van der Waals surface area contributed by atoms with Gasteiger partial charge in [0.25, 0.3) is 0 Å². The summed E-state index contributed by atoms with van der Waals surface area (Å²) in [5.74, 6) is 0.646. The summed E-state index contributed by atoms with van der Waals surface area (Å²) >= 11 is 3.31. The van der Waals surface area contributed by atoms with Crippen LogP contribution in [-0.2, 0) is 14.6 Å². The third-order valence-electron chi connectivity index (χ3n) is 4.58. The molecule has 2 aliphatic rings. The summed E-state index contributed by atoms with van der Waals surface area (Å²) in [6, 6.07) is 6.95. The number of rotatable bonds is 6. The largest absolute Gasteiger partial charge is 0.373 e. The van der Waals surface area contributed by atoms with Crippen LogP contribution in [-0.4, -0.2) is 51.5 Å². The molecule has 0 saturated carbocycles. The number of aliphatic imine (C=N–C) groups is 1. The highest BCUT2D eigenvalue weighted by Gasteiger charge is 2.41. The van der Waals surface area contributed by atoms with E-state index in [0.717, 1.165) is 30.3 Å². The van der Waals surface area contributed by atoms with Crippen LogP contribution in [0.4, 0.5) is 0 Å². The summed E-state index contributed by atoms with van der Waals surface area (Å²) in [5, 5.41) is 6.58. The Hall–Kier alpha value is -0.390. The van der Waals surface area contributed by atoms with Gasteiger partial charge in [0.2, 0.25) is 0 Å². The lowest BCUT2D eigenvalue weighted by Crippen LogP contribution is -2.47. The Labute approximate surface area is 180 Å². The molecule has 9 heteroatoms. The maximum atomic E-state index is 12.4. The van der Waals surface area contributed by atoms with Gasteiger partial charge in [-0.25, -0.2) is 8.42 Å². The number of benzene rings is 1. The Morgan fingerprint density at radius 2 is 2.04 bits per heavy atom. The first-order valence-electron chi connectivity index (χ1n) is 8.66. The number of hydrogen-bond donors (Lipinski definition) is 2. The first-order valence-corrected chi connectivity index (χ1v) is 11.1. The van der Waals surface area contributed by atoms with E-state index in [4.69, 9.17) is 4.74 Å². The van der Waals surface area contributed by atoms with Gasteiger partial charge < -0.3 is 15.4 Å². The Bertz CT molecular complexity index is 727. The van der Waals surface area contributed by atoms with E-state index in [2.05, 4.69) is 31.6 Å². The number of hydrogen-bond acceptors (Lipinski definition) is 4. The molecule has 1 aromatic rings. The number of halogens is 2. The molecule has 1 aromatic carbocycles. The molecule has 2 saturated heterocycles. The van der Waals surface area contributed by atoms with E-state index in [1.54, 1.807) is 24.3 Å². The minimum absolute atomic E-state index is 0. The fourth-order valence-corrected chi connectivity index (χ4v) is 4.71. The predicted octanol–water partition coefficient (Wildman–Crippen LogP) is 2.72. The van der Waals surface area contributed by atoms with E-state index in [9.17, 15) is 8.42 Å². The van der Waals surface area contributed by atoms with Crippen molar-refractivity contribution in [3.63, 3.8) is 0 Å². The van der Waals surface area contributed by atoms with Crippen molar-refractivity contribution >= 4 is 55.7 Å².